The van der Waals surface area contributed by atoms with Crippen LogP contribution in [-0.2, 0) is 11.2 Å². The summed E-state index contributed by atoms with van der Waals surface area (Å²) in [5.74, 6) is 0.194. The van der Waals surface area contributed by atoms with E-state index in [0.29, 0.717) is 25.4 Å². The molecule has 1 amide bonds. The molecule has 1 aromatic rings. The van der Waals surface area contributed by atoms with Crippen molar-refractivity contribution in [3.05, 3.63) is 35.9 Å². The molecule has 3 heteroatoms. The maximum atomic E-state index is 12.3. The average Bonchev–Trinajstić information content (AvgIpc) is 2.33. The molecule has 18 heavy (non-hydrogen) atoms. The van der Waals surface area contributed by atoms with Gasteiger partial charge in [0, 0.05) is 19.2 Å². The van der Waals surface area contributed by atoms with Crippen molar-refractivity contribution >= 4 is 5.91 Å². The summed E-state index contributed by atoms with van der Waals surface area (Å²) in [6, 6.07) is 10.3. The highest BCUT2D eigenvalue weighted by atomic mass is 16.3. The predicted molar refractivity (Wildman–Crippen MR) is 71.2 cm³/mol. The summed E-state index contributed by atoms with van der Waals surface area (Å²) in [5.41, 5.74) is 1.07. The highest BCUT2D eigenvalue weighted by Crippen LogP contribution is 2.25. The van der Waals surface area contributed by atoms with E-state index in [1.165, 1.54) is 6.42 Å². The van der Waals surface area contributed by atoms with Gasteiger partial charge in [0.25, 0.3) is 0 Å². The molecule has 0 atom stereocenters. The lowest BCUT2D eigenvalue weighted by atomic mass is 9.91. The second kappa shape index (κ2) is 6.55. The summed E-state index contributed by atoms with van der Waals surface area (Å²) in [4.78, 5) is 14.3. The first-order valence-corrected chi connectivity index (χ1v) is 6.75. The molecular formula is C15H21NO2. The smallest absolute Gasteiger partial charge is 0.227 e. The number of carbonyl (C=O) groups excluding carboxylic acids is 1. The van der Waals surface area contributed by atoms with Crippen molar-refractivity contribution in [2.75, 3.05) is 13.2 Å². The van der Waals surface area contributed by atoms with Crippen LogP contribution < -0.4 is 0 Å². The molecule has 0 spiro atoms. The van der Waals surface area contributed by atoms with Crippen LogP contribution in [0.5, 0.6) is 0 Å². The van der Waals surface area contributed by atoms with Gasteiger partial charge in [-0.2, -0.15) is 0 Å². The molecule has 1 aliphatic rings. The number of hydrogen-bond acceptors (Lipinski definition) is 2. The Morgan fingerprint density at radius 1 is 1.28 bits per heavy atom. The van der Waals surface area contributed by atoms with Gasteiger partial charge in [-0.25, -0.2) is 0 Å². The van der Waals surface area contributed by atoms with Crippen LogP contribution in [0.25, 0.3) is 0 Å². The van der Waals surface area contributed by atoms with Crippen LogP contribution >= 0.6 is 0 Å². The number of hydrogen-bond donors (Lipinski definition) is 1. The third-order valence-electron chi connectivity index (χ3n) is 3.59. The number of amides is 1. The first kappa shape index (κ1) is 13.1. The maximum Gasteiger partial charge on any atom is 0.227 e. The fraction of sp³-hybridized carbons (Fsp3) is 0.533. The number of aliphatic hydroxyl groups excluding tert-OH is 1. The fourth-order valence-corrected chi connectivity index (χ4v) is 2.32. The monoisotopic (exact) mass is 247 g/mol. The average molecular weight is 247 g/mol. The van der Waals surface area contributed by atoms with Gasteiger partial charge < -0.3 is 10.0 Å². The van der Waals surface area contributed by atoms with Crippen LogP contribution in [-0.4, -0.2) is 35.1 Å². The lowest BCUT2D eigenvalue weighted by molar-refractivity contribution is -0.134. The lowest BCUT2D eigenvalue weighted by Crippen LogP contribution is -2.45. The first-order chi connectivity index (χ1) is 8.81. The van der Waals surface area contributed by atoms with Crippen molar-refractivity contribution in [2.24, 2.45) is 0 Å². The van der Waals surface area contributed by atoms with Crippen molar-refractivity contribution in [2.45, 2.75) is 38.1 Å². The Kier molecular flexibility index (Phi) is 4.76. The number of rotatable bonds is 6. The summed E-state index contributed by atoms with van der Waals surface area (Å²) in [7, 11) is 0. The van der Waals surface area contributed by atoms with E-state index in [-0.39, 0.29) is 12.5 Å². The van der Waals surface area contributed by atoms with Gasteiger partial charge in [0.1, 0.15) is 0 Å². The fourth-order valence-electron chi connectivity index (χ4n) is 2.32. The van der Waals surface area contributed by atoms with Crippen molar-refractivity contribution in [3.8, 4) is 0 Å². The molecule has 0 saturated heterocycles. The van der Waals surface area contributed by atoms with Gasteiger partial charge in [0.15, 0.2) is 0 Å². The van der Waals surface area contributed by atoms with E-state index in [2.05, 4.69) is 0 Å². The molecule has 1 aromatic carbocycles. The minimum Gasteiger partial charge on any atom is -0.396 e. The van der Waals surface area contributed by atoms with E-state index in [1.54, 1.807) is 0 Å². The van der Waals surface area contributed by atoms with Crippen molar-refractivity contribution in [1.82, 2.24) is 4.90 Å². The zero-order valence-electron chi connectivity index (χ0n) is 10.7. The molecule has 2 rings (SSSR count). The van der Waals surface area contributed by atoms with Crippen molar-refractivity contribution in [1.29, 1.82) is 0 Å². The van der Waals surface area contributed by atoms with Crippen molar-refractivity contribution in [3.63, 3.8) is 0 Å². The first-order valence-electron chi connectivity index (χ1n) is 6.75. The Hall–Kier alpha value is -1.35. The molecule has 1 N–H and O–H groups in total. The van der Waals surface area contributed by atoms with Gasteiger partial charge in [0.2, 0.25) is 5.91 Å². The van der Waals surface area contributed by atoms with Crippen LogP contribution in [0, 0.1) is 0 Å². The maximum absolute atomic E-state index is 12.3. The van der Waals surface area contributed by atoms with E-state index < -0.39 is 0 Å². The van der Waals surface area contributed by atoms with Gasteiger partial charge in [0.05, 0.1) is 6.42 Å². The van der Waals surface area contributed by atoms with E-state index >= 15 is 0 Å². The van der Waals surface area contributed by atoms with Gasteiger partial charge in [-0.1, -0.05) is 30.3 Å². The highest BCUT2D eigenvalue weighted by molar-refractivity contribution is 5.79. The molecule has 1 aliphatic carbocycles. The van der Waals surface area contributed by atoms with Gasteiger partial charge in [-0.05, 0) is 31.2 Å². The summed E-state index contributed by atoms with van der Waals surface area (Å²) >= 11 is 0. The Morgan fingerprint density at radius 2 is 2.00 bits per heavy atom. The number of nitrogens with zero attached hydrogens (tertiary/aromatic N) is 1. The zero-order chi connectivity index (χ0) is 12.8. The van der Waals surface area contributed by atoms with E-state index in [1.807, 2.05) is 35.2 Å². The Labute approximate surface area is 108 Å². The normalized spacial score (nSPS) is 15.2. The van der Waals surface area contributed by atoms with Crippen LogP contribution in [0.2, 0.25) is 0 Å². The van der Waals surface area contributed by atoms with E-state index in [0.717, 1.165) is 18.4 Å². The molecule has 1 saturated carbocycles. The summed E-state index contributed by atoms with van der Waals surface area (Å²) in [6.45, 7) is 0.842. The highest BCUT2D eigenvalue weighted by Gasteiger charge is 2.27. The Balaban J connectivity index is 1.94. The minimum atomic E-state index is 0.155. The molecular weight excluding hydrogens is 226 g/mol. The topological polar surface area (TPSA) is 40.5 Å². The molecule has 3 nitrogen and oxygen atoms in total. The largest absolute Gasteiger partial charge is 0.396 e. The van der Waals surface area contributed by atoms with Crippen LogP contribution in [0.1, 0.15) is 31.2 Å². The number of carbonyl (C=O) groups is 1. The Bertz CT molecular complexity index is 373. The molecule has 0 bridgehead atoms. The summed E-state index contributed by atoms with van der Waals surface area (Å²) in [5, 5.41) is 8.92. The molecule has 0 heterocycles. The standard InChI is InChI=1S/C15H21NO2/c17-11-5-10-16(14-8-4-9-14)15(18)12-13-6-2-1-3-7-13/h1-3,6-7,14,17H,4-5,8-12H2. The number of benzene rings is 1. The zero-order valence-corrected chi connectivity index (χ0v) is 10.7. The summed E-state index contributed by atoms with van der Waals surface area (Å²) in [6.07, 6.45) is 4.61. The lowest BCUT2D eigenvalue weighted by Gasteiger charge is -2.37. The van der Waals surface area contributed by atoms with Gasteiger partial charge in [-0.15, -0.1) is 0 Å². The second-order valence-electron chi connectivity index (χ2n) is 4.91. The predicted octanol–water partition coefficient (Wildman–Crippen LogP) is 1.99. The molecule has 0 aromatic heterocycles. The van der Waals surface area contributed by atoms with Crippen LogP contribution in [0.3, 0.4) is 0 Å². The second-order valence-corrected chi connectivity index (χ2v) is 4.91. The Morgan fingerprint density at radius 3 is 2.56 bits per heavy atom. The molecule has 0 unspecified atom stereocenters. The van der Waals surface area contributed by atoms with E-state index in [9.17, 15) is 4.79 Å². The summed E-state index contributed by atoms with van der Waals surface area (Å²) < 4.78 is 0. The van der Waals surface area contributed by atoms with Gasteiger partial charge >= 0.3 is 0 Å². The molecule has 0 radical (unpaired) electrons. The minimum absolute atomic E-state index is 0.155. The van der Waals surface area contributed by atoms with Gasteiger partial charge in [-0.3, -0.25) is 4.79 Å². The van der Waals surface area contributed by atoms with Crippen LogP contribution in [0.15, 0.2) is 30.3 Å². The quantitative estimate of drug-likeness (QED) is 0.835. The number of aliphatic hydroxyl groups is 1. The van der Waals surface area contributed by atoms with E-state index in [4.69, 9.17) is 5.11 Å². The SMILES string of the molecule is O=C(Cc1ccccc1)N(CCCO)C1CCC1. The van der Waals surface area contributed by atoms with Crippen molar-refractivity contribution < 1.29 is 9.90 Å². The third-order valence-corrected chi connectivity index (χ3v) is 3.59. The molecule has 0 aliphatic heterocycles. The third kappa shape index (κ3) is 3.33. The molecule has 1 fully saturated rings. The molecule has 98 valence electrons. The van der Waals surface area contributed by atoms with Crippen LogP contribution in [0.4, 0.5) is 0 Å².